The topological polar surface area (TPSA) is 82.5 Å². The summed E-state index contributed by atoms with van der Waals surface area (Å²) in [6, 6.07) is -0.221. The molecule has 1 saturated heterocycles. The minimum Gasteiger partial charge on any atom is -0.481 e. The number of hydrogen-bond acceptors (Lipinski definition) is 4. The van der Waals surface area contributed by atoms with Crippen molar-refractivity contribution in [1.82, 2.24) is 15.2 Å². The maximum atomic E-state index is 11.9. The van der Waals surface area contributed by atoms with Gasteiger partial charge in [-0.2, -0.15) is 0 Å². The lowest BCUT2D eigenvalue weighted by molar-refractivity contribution is -0.142. The molecule has 1 aromatic heterocycles. The fourth-order valence-electron chi connectivity index (χ4n) is 2.06. The average Bonchev–Trinajstić information content (AvgIpc) is 2.94. The van der Waals surface area contributed by atoms with Gasteiger partial charge in [-0.1, -0.05) is 6.92 Å². The molecule has 0 unspecified atom stereocenters. The predicted octanol–water partition coefficient (Wildman–Crippen LogP) is 1.01. The number of likely N-dealkylation sites (tertiary alicyclic amines) is 1. The summed E-state index contributed by atoms with van der Waals surface area (Å²) in [5, 5.41) is 14.4. The summed E-state index contributed by atoms with van der Waals surface area (Å²) >= 11 is 1.47. The number of aliphatic carboxylic acids is 1. The number of carboxylic acid groups (broad SMARTS) is 1. The molecule has 0 aliphatic carbocycles. The van der Waals surface area contributed by atoms with Gasteiger partial charge in [0.1, 0.15) is 5.01 Å². The fourth-order valence-corrected chi connectivity index (χ4v) is 2.61. The van der Waals surface area contributed by atoms with E-state index in [0.717, 1.165) is 5.01 Å². The van der Waals surface area contributed by atoms with Crippen LogP contribution in [-0.4, -0.2) is 40.1 Å². The lowest BCUT2D eigenvalue weighted by atomic mass is 9.99. The Labute approximate surface area is 109 Å². The molecule has 98 valence electrons. The number of carbonyl (C=O) groups is 2. The van der Waals surface area contributed by atoms with Crippen LogP contribution in [0.2, 0.25) is 0 Å². The SMILES string of the molecule is C[C@@H]1CN(C(=O)NCc2nccs2)C[C@H]1C(=O)O. The highest BCUT2D eigenvalue weighted by molar-refractivity contribution is 7.09. The zero-order chi connectivity index (χ0) is 13.1. The average molecular weight is 269 g/mol. The molecule has 6 nitrogen and oxygen atoms in total. The van der Waals surface area contributed by atoms with Crippen molar-refractivity contribution in [2.75, 3.05) is 13.1 Å². The molecular formula is C11H15N3O3S. The van der Waals surface area contributed by atoms with Crippen molar-refractivity contribution in [3.63, 3.8) is 0 Å². The summed E-state index contributed by atoms with van der Waals surface area (Å²) in [6.45, 7) is 3.01. The molecule has 0 saturated carbocycles. The van der Waals surface area contributed by atoms with Gasteiger partial charge in [0.15, 0.2) is 0 Å². The predicted molar refractivity (Wildman–Crippen MR) is 66.2 cm³/mol. The number of nitrogens with zero attached hydrogens (tertiary/aromatic N) is 2. The molecule has 7 heteroatoms. The van der Waals surface area contributed by atoms with Crippen LogP contribution in [0.15, 0.2) is 11.6 Å². The van der Waals surface area contributed by atoms with E-state index in [0.29, 0.717) is 13.1 Å². The van der Waals surface area contributed by atoms with E-state index in [9.17, 15) is 9.59 Å². The summed E-state index contributed by atoms with van der Waals surface area (Å²) in [6.07, 6.45) is 1.69. The first kappa shape index (κ1) is 12.8. The standard InChI is InChI=1S/C11H15N3O3S/c1-7-5-14(6-8(7)10(15)16)11(17)13-4-9-12-2-3-18-9/h2-3,7-8H,4-6H2,1H3,(H,13,17)(H,15,16)/t7-,8-/m1/s1. The van der Waals surface area contributed by atoms with Crippen LogP contribution in [0, 0.1) is 11.8 Å². The molecule has 2 rings (SSSR count). The van der Waals surface area contributed by atoms with E-state index in [2.05, 4.69) is 10.3 Å². The van der Waals surface area contributed by atoms with Crippen molar-refractivity contribution in [1.29, 1.82) is 0 Å². The van der Waals surface area contributed by atoms with Gasteiger partial charge in [0, 0.05) is 24.7 Å². The molecule has 0 aromatic carbocycles. The van der Waals surface area contributed by atoms with Gasteiger partial charge in [0.05, 0.1) is 12.5 Å². The van der Waals surface area contributed by atoms with Crippen molar-refractivity contribution in [2.45, 2.75) is 13.5 Å². The summed E-state index contributed by atoms with van der Waals surface area (Å²) in [4.78, 5) is 28.4. The van der Waals surface area contributed by atoms with Gasteiger partial charge in [-0.3, -0.25) is 4.79 Å². The molecule has 0 radical (unpaired) electrons. The number of nitrogens with one attached hydrogen (secondary N) is 1. The van der Waals surface area contributed by atoms with E-state index in [1.165, 1.54) is 11.3 Å². The van der Waals surface area contributed by atoms with Gasteiger partial charge in [0.2, 0.25) is 0 Å². The highest BCUT2D eigenvalue weighted by Crippen LogP contribution is 2.23. The summed E-state index contributed by atoms with van der Waals surface area (Å²) in [7, 11) is 0. The number of hydrogen-bond donors (Lipinski definition) is 2. The maximum Gasteiger partial charge on any atom is 0.317 e. The number of carbonyl (C=O) groups excluding carboxylic acids is 1. The second-order valence-corrected chi connectivity index (χ2v) is 5.39. The Balaban J connectivity index is 1.85. The molecular weight excluding hydrogens is 254 g/mol. The highest BCUT2D eigenvalue weighted by Gasteiger charge is 2.36. The minimum atomic E-state index is -0.835. The van der Waals surface area contributed by atoms with Gasteiger partial charge >= 0.3 is 12.0 Å². The van der Waals surface area contributed by atoms with Crippen LogP contribution in [0.3, 0.4) is 0 Å². The van der Waals surface area contributed by atoms with Crippen molar-refractivity contribution in [2.24, 2.45) is 11.8 Å². The molecule has 18 heavy (non-hydrogen) atoms. The van der Waals surface area contributed by atoms with E-state index in [4.69, 9.17) is 5.11 Å². The molecule has 2 heterocycles. The molecule has 1 aliphatic heterocycles. The zero-order valence-corrected chi connectivity index (χ0v) is 10.8. The summed E-state index contributed by atoms with van der Waals surface area (Å²) < 4.78 is 0. The van der Waals surface area contributed by atoms with Gasteiger partial charge in [0.25, 0.3) is 0 Å². The van der Waals surface area contributed by atoms with Crippen molar-refractivity contribution >= 4 is 23.3 Å². The number of rotatable bonds is 3. The molecule has 2 amide bonds. The Kier molecular flexibility index (Phi) is 3.81. The third-order valence-electron chi connectivity index (χ3n) is 3.09. The first-order valence-electron chi connectivity index (χ1n) is 5.72. The van der Waals surface area contributed by atoms with E-state index in [1.807, 2.05) is 12.3 Å². The number of thiazole rings is 1. The normalized spacial score (nSPS) is 23.1. The first-order valence-corrected chi connectivity index (χ1v) is 6.60. The number of urea groups is 1. The van der Waals surface area contributed by atoms with Gasteiger partial charge in [-0.25, -0.2) is 9.78 Å². The smallest absolute Gasteiger partial charge is 0.317 e. The Morgan fingerprint density at radius 1 is 1.61 bits per heavy atom. The third-order valence-corrected chi connectivity index (χ3v) is 3.87. The number of aromatic nitrogens is 1. The van der Waals surface area contributed by atoms with Crippen molar-refractivity contribution < 1.29 is 14.7 Å². The van der Waals surface area contributed by atoms with Crippen LogP contribution in [0.1, 0.15) is 11.9 Å². The Morgan fingerprint density at radius 3 is 2.94 bits per heavy atom. The Bertz CT molecular complexity index is 435. The quantitative estimate of drug-likeness (QED) is 0.857. The van der Waals surface area contributed by atoms with Crippen LogP contribution < -0.4 is 5.32 Å². The number of amides is 2. The maximum absolute atomic E-state index is 11.9. The lowest BCUT2D eigenvalue weighted by Gasteiger charge is -2.16. The molecule has 0 bridgehead atoms. The highest BCUT2D eigenvalue weighted by atomic mass is 32.1. The van der Waals surface area contributed by atoms with Crippen molar-refractivity contribution in [3.05, 3.63) is 16.6 Å². The molecule has 1 aromatic rings. The van der Waals surface area contributed by atoms with Crippen LogP contribution in [0.25, 0.3) is 0 Å². The number of carboxylic acids is 1. The molecule has 1 fully saturated rings. The van der Waals surface area contributed by atoms with Gasteiger partial charge < -0.3 is 15.3 Å². The second-order valence-electron chi connectivity index (χ2n) is 4.41. The lowest BCUT2D eigenvalue weighted by Crippen LogP contribution is -2.38. The van der Waals surface area contributed by atoms with Crippen LogP contribution in [0.5, 0.6) is 0 Å². The second kappa shape index (κ2) is 5.34. The monoisotopic (exact) mass is 269 g/mol. The molecule has 2 N–H and O–H groups in total. The van der Waals surface area contributed by atoms with Crippen LogP contribution in [0.4, 0.5) is 4.79 Å². The molecule has 0 spiro atoms. The largest absolute Gasteiger partial charge is 0.481 e. The minimum absolute atomic E-state index is 0.00638. The van der Waals surface area contributed by atoms with Crippen molar-refractivity contribution in [3.8, 4) is 0 Å². The first-order chi connectivity index (χ1) is 8.58. The summed E-state index contributed by atoms with van der Waals surface area (Å²) in [5.41, 5.74) is 0. The Morgan fingerprint density at radius 2 is 2.39 bits per heavy atom. The molecule has 1 aliphatic rings. The van der Waals surface area contributed by atoms with Crippen LogP contribution >= 0.6 is 11.3 Å². The van der Waals surface area contributed by atoms with E-state index in [1.54, 1.807) is 11.1 Å². The molecule has 2 atom stereocenters. The van der Waals surface area contributed by atoms with E-state index >= 15 is 0 Å². The third kappa shape index (κ3) is 2.79. The zero-order valence-electron chi connectivity index (χ0n) is 10.00. The van der Waals surface area contributed by atoms with E-state index < -0.39 is 11.9 Å². The van der Waals surface area contributed by atoms with Gasteiger partial charge in [-0.05, 0) is 5.92 Å². The summed E-state index contributed by atoms with van der Waals surface area (Å²) in [5.74, 6) is -1.30. The van der Waals surface area contributed by atoms with Crippen LogP contribution in [-0.2, 0) is 11.3 Å². The fraction of sp³-hybridized carbons (Fsp3) is 0.545. The Hall–Kier alpha value is -1.63. The van der Waals surface area contributed by atoms with E-state index in [-0.39, 0.29) is 18.5 Å². The van der Waals surface area contributed by atoms with Gasteiger partial charge in [-0.15, -0.1) is 11.3 Å².